The standard InChI is InChI=1S/C11H13Cl2N3O3/c1-14-3-2-4-15-11(17)8-5-7(16(18)19)6-9(12)10(8)13/h5-6,14H,2-4H2,1H3,(H,15,17). The Morgan fingerprint density at radius 1 is 1.37 bits per heavy atom. The first kappa shape index (κ1) is 15.7. The molecule has 1 aromatic rings. The van der Waals surface area contributed by atoms with Crippen molar-refractivity contribution >= 4 is 34.8 Å². The summed E-state index contributed by atoms with van der Waals surface area (Å²) in [4.78, 5) is 21.9. The molecule has 1 aromatic carbocycles. The molecular formula is C11H13Cl2N3O3. The van der Waals surface area contributed by atoms with Gasteiger partial charge in [-0.15, -0.1) is 0 Å². The molecule has 0 aromatic heterocycles. The summed E-state index contributed by atoms with van der Waals surface area (Å²) in [6.07, 6.45) is 0.739. The number of non-ortho nitro benzene ring substituents is 1. The Hall–Kier alpha value is -1.37. The molecule has 0 fully saturated rings. The topological polar surface area (TPSA) is 84.3 Å². The average Bonchev–Trinajstić information content (AvgIpc) is 2.37. The Kier molecular flexibility index (Phi) is 6.01. The first-order chi connectivity index (χ1) is 8.97. The van der Waals surface area contributed by atoms with Crippen molar-refractivity contribution in [3.63, 3.8) is 0 Å². The van der Waals surface area contributed by atoms with Gasteiger partial charge in [-0.3, -0.25) is 14.9 Å². The van der Waals surface area contributed by atoms with Crippen LogP contribution in [0, 0.1) is 10.1 Å². The van der Waals surface area contributed by atoms with E-state index in [0.717, 1.165) is 25.1 Å². The minimum absolute atomic E-state index is 0.00493. The van der Waals surface area contributed by atoms with Crippen molar-refractivity contribution < 1.29 is 9.72 Å². The molecule has 8 heteroatoms. The summed E-state index contributed by atoms with van der Waals surface area (Å²) in [6.45, 7) is 1.19. The number of halogens is 2. The molecule has 1 amide bonds. The van der Waals surface area contributed by atoms with E-state index < -0.39 is 10.8 Å². The maximum absolute atomic E-state index is 11.9. The largest absolute Gasteiger partial charge is 0.352 e. The van der Waals surface area contributed by atoms with Crippen molar-refractivity contribution in [3.8, 4) is 0 Å². The van der Waals surface area contributed by atoms with Crippen LogP contribution in [-0.2, 0) is 0 Å². The maximum Gasteiger partial charge on any atom is 0.271 e. The van der Waals surface area contributed by atoms with Gasteiger partial charge < -0.3 is 10.6 Å². The highest BCUT2D eigenvalue weighted by Crippen LogP contribution is 2.30. The Morgan fingerprint density at radius 2 is 2.05 bits per heavy atom. The lowest BCUT2D eigenvalue weighted by Gasteiger charge is -2.07. The van der Waals surface area contributed by atoms with Crippen LogP contribution in [-0.4, -0.2) is 31.0 Å². The lowest BCUT2D eigenvalue weighted by atomic mass is 10.2. The van der Waals surface area contributed by atoms with Gasteiger partial charge >= 0.3 is 0 Å². The van der Waals surface area contributed by atoms with Gasteiger partial charge in [-0.25, -0.2) is 0 Å². The third-order valence-corrected chi connectivity index (χ3v) is 3.16. The van der Waals surface area contributed by atoms with Crippen molar-refractivity contribution in [1.29, 1.82) is 0 Å². The first-order valence-corrected chi connectivity index (χ1v) is 6.29. The molecule has 0 aliphatic carbocycles. The van der Waals surface area contributed by atoms with Crippen LogP contribution in [0.25, 0.3) is 0 Å². The van der Waals surface area contributed by atoms with Crippen LogP contribution in [0.3, 0.4) is 0 Å². The van der Waals surface area contributed by atoms with Crippen LogP contribution in [0.15, 0.2) is 12.1 Å². The van der Waals surface area contributed by atoms with E-state index >= 15 is 0 Å². The summed E-state index contributed by atoms with van der Waals surface area (Å²) < 4.78 is 0. The summed E-state index contributed by atoms with van der Waals surface area (Å²) in [5.41, 5.74) is -0.264. The zero-order valence-corrected chi connectivity index (χ0v) is 11.7. The number of nitrogens with one attached hydrogen (secondary N) is 2. The fourth-order valence-corrected chi connectivity index (χ4v) is 1.82. The van der Waals surface area contributed by atoms with E-state index in [4.69, 9.17) is 23.2 Å². The average molecular weight is 306 g/mol. The number of hydrogen-bond donors (Lipinski definition) is 2. The molecule has 0 atom stereocenters. The normalized spacial score (nSPS) is 10.3. The van der Waals surface area contributed by atoms with Gasteiger partial charge in [0.15, 0.2) is 0 Å². The minimum atomic E-state index is -0.625. The molecule has 0 saturated carbocycles. The number of hydrogen-bond acceptors (Lipinski definition) is 4. The van der Waals surface area contributed by atoms with Gasteiger partial charge in [0.2, 0.25) is 0 Å². The highest BCUT2D eigenvalue weighted by Gasteiger charge is 2.19. The predicted octanol–water partition coefficient (Wildman–Crippen LogP) is 2.24. The van der Waals surface area contributed by atoms with Gasteiger partial charge in [0.05, 0.1) is 20.5 Å². The van der Waals surface area contributed by atoms with Crippen LogP contribution < -0.4 is 10.6 Å². The molecule has 0 bridgehead atoms. The molecule has 2 N–H and O–H groups in total. The van der Waals surface area contributed by atoms with Crippen LogP contribution >= 0.6 is 23.2 Å². The van der Waals surface area contributed by atoms with Crippen LogP contribution in [0.1, 0.15) is 16.8 Å². The highest BCUT2D eigenvalue weighted by atomic mass is 35.5. The lowest BCUT2D eigenvalue weighted by molar-refractivity contribution is -0.384. The van der Waals surface area contributed by atoms with Crippen molar-refractivity contribution in [2.24, 2.45) is 0 Å². The monoisotopic (exact) mass is 305 g/mol. The second-order valence-electron chi connectivity index (χ2n) is 3.76. The van der Waals surface area contributed by atoms with E-state index in [2.05, 4.69) is 10.6 Å². The molecule has 0 radical (unpaired) electrons. The van der Waals surface area contributed by atoms with Crippen molar-refractivity contribution in [2.75, 3.05) is 20.1 Å². The number of nitrogens with zero attached hydrogens (tertiary/aromatic N) is 1. The number of rotatable bonds is 6. The third-order valence-electron chi connectivity index (χ3n) is 2.36. The maximum atomic E-state index is 11.9. The molecule has 0 aliphatic heterocycles. The SMILES string of the molecule is CNCCCNC(=O)c1cc([N+](=O)[O-])cc(Cl)c1Cl. The minimum Gasteiger partial charge on any atom is -0.352 e. The Balaban J connectivity index is 2.86. The summed E-state index contributed by atoms with van der Waals surface area (Å²) in [7, 11) is 1.80. The van der Waals surface area contributed by atoms with E-state index in [9.17, 15) is 14.9 Å². The van der Waals surface area contributed by atoms with E-state index in [1.165, 1.54) is 0 Å². The molecule has 0 unspecified atom stereocenters. The van der Waals surface area contributed by atoms with E-state index in [-0.39, 0.29) is 21.3 Å². The van der Waals surface area contributed by atoms with Gasteiger partial charge in [0.25, 0.3) is 11.6 Å². The molecule has 0 aliphatic rings. The zero-order valence-electron chi connectivity index (χ0n) is 10.2. The fourth-order valence-electron chi connectivity index (χ4n) is 1.41. The molecule has 1 rings (SSSR count). The predicted molar refractivity (Wildman–Crippen MR) is 74.0 cm³/mol. The molecule has 6 nitrogen and oxygen atoms in total. The van der Waals surface area contributed by atoms with E-state index in [1.807, 2.05) is 0 Å². The first-order valence-electron chi connectivity index (χ1n) is 5.53. The number of nitro benzene ring substituents is 1. The molecule has 0 saturated heterocycles. The number of amides is 1. The van der Waals surface area contributed by atoms with Gasteiger partial charge in [-0.2, -0.15) is 0 Å². The van der Waals surface area contributed by atoms with Crippen molar-refractivity contribution in [1.82, 2.24) is 10.6 Å². The van der Waals surface area contributed by atoms with E-state index in [1.54, 1.807) is 7.05 Å². The van der Waals surface area contributed by atoms with Gasteiger partial charge in [0.1, 0.15) is 0 Å². The number of carbonyl (C=O) groups excluding carboxylic acids is 1. The summed E-state index contributed by atoms with van der Waals surface area (Å²) >= 11 is 11.6. The van der Waals surface area contributed by atoms with Gasteiger partial charge in [0, 0.05) is 18.7 Å². The van der Waals surface area contributed by atoms with Crippen LogP contribution in [0.2, 0.25) is 10.0 Å². The Bertz CT molecular complexity index is 494. The number of benzene rings is 1. The third kappa shape index (κ3) is 4.34. The van der Waals surface area contributed by atoms with E-state index in [0.29, 0.717) is 6.54 Å². The molecule has 0 heterocycles. The molecule has 19 heavy (non-hydrogen) atoms. The fraction of sp³-hybridized carbons (Fsp3) is 0.364. The highest BCUT2D eigenvalue weighted by molar-refractivity contribution is 6.44. The summed E-state index contributed by atoms with van der Waals surface area (Å²) in [5.74, 6) is -0.480. The summed E-state index contributed by atoms with van der Waals surface area (Å²) in [5, 5.41) is 16.3. The van der Waals surface area contributed by atoms with Gasteiger partial charge in [-0.1, -0.05) is 23.2 Å². The second-order valence-corrected chi connectivity index (χ2v) is 4.54. The molecule has 0 spiro atoms. The Morgan fingerprint density at radius 3 is 2.63 bits per heavy atom. The lowest BCUT2D eigenvalue weighted by Crippen LogP contribution is -2.27. The van der Waals surface area contributed by atoms with Crippen LogP contribution in [0.4, 0.5) is 5.69 Å². The molecule has 104 valence electrons. The smallest absolute Gasteiger partial charge is 0.271 e. The second kappa shape index (κ2) is 7.28. The quantitative estimate of drug-likeness (QED) is 0.479. The zero-order chi connectivity index (χ0) is 14.4. The van der Waals surface area contributed by atoms with Gasteiger partial charge in [-0.05, 0) is 20.0 Å². The Labute approximate surface area is 120 Å². The summed E-state index contributed by atoms with van der Waals surface area (Å²) in [6, 6.07) is 2.23. The van der Waals surface area contributed by atoms with Crippen molar-refractivity contribution in [2.45, 2.75) is 6.42 Å². The van der Waals surface area contributed by atoms with Crippen LogP contribution in [0.5, 0.6) is 0 Å². The van der Waals surface area contributed by atoms with Crippen molar-refractivity contribution in [3.05, 3.63) is 37.9 Å². The number of carbonyl (C=O) groups is 1. The number of nitro groups is 1. The molecular weight excluding hydrogens is 293 g/mol.